The first-order valence-corrected chi connectivity index (χ1v) is 5.73. The molecule has 0 radical (unpaired) electrons. The van der Waals surface area contributed by atoms with Crippen molar-refractivity contribution in [2.45, 2.75) is 25.4 Å². The molecular formula is C11H17NO6. The fourth-order valence-corrected chi connectivity index (χ4v) is 1.70. The molecule has 1 N–H and O–H groups in total. The summed E-state index contributed by atoms with van der Waals surface area (Å²) in [6.07, 6.45) is -0.308. The van der Waals surface area contributed by atoms with Gasteiger partial charge >= 0.3 is 11.9 Å². The molecule has 1 aliphatic heterocycles. The molecule has 1 aliphatic rings. The fourth-order valence-electron chi connectivity index (χ4n) is 1.70. The molecule has 0 saturated carbocycles. The number of hydrogen-bond donors (Lipinski definition) is 1. The Bertz CT molecular complexity index is 329. The Labute approximate surface area is 105 Å². The van der Waals surface area contributed by atoms with Crippen LogP contribution in [0.4, 0.5) is 0 Å². The second-order valence-corrected chi connectivity index (χ2v) is 3.97. The molecule has 1 unspecified atom stereocenters. The highest BCUT2D eigenvalue weighted by atomic mass is 16.6. The molecule has 0 aromatic carbocycles. The number of methoxy groups -OCH3 is 1. The maximum absolute atomic E-state index is 11.8. The van der Waals surface area contributed by atoms with Gasteiger partial charge in [-0.3, -0.25) is 9.59 Å². The van der Waals surface area contributed by atoms with Gasteiger partial charge in [0.05, 0.1) is 20.3 Å². The van der Waals surface area contributed by atoms with Crippen molar-refractivity contribution in [1.29, 1.82) is 0 Å². The summed E-state index contributed by atoms with van der Waals surface area (Å²) in [6.45, 7) is 0.864. The van der Waals surface area contributed by atoms with Crippen molar-refractivity contribution in [2.24, 2.45) is 0 Å². The first-order valence-electron chi connectivity index (χ1n) is 5.73. The minimum absolute atomic E-state index is 0.0312. The van der Waals surface area contributed by atoms with Crippen LogP contribution in [0.3, 0.4) is 0 Å². The summed E-state index contributed by atoms with van der Waals surface area (Å²) in [7, 11) is 1.26. The van der Waals surface area contributed by atoms with Gasteiger partial charge in [0.1, 0.15) is 0 Å². The lowest BCUT2D eigenvalue weighted by molar-refractivity contribution is -0.162. The first-order chi connectivity index (χ1) is 8.54. The van der Waals surface area contributed by atoms with E-state index in [1.54, 1.807) is 0 Å². The molecular weight excluding hydrogens is 242 g/mol. The molecule has 1 amide bonds. The van der Waals surface area contributed by atoms with Crippen LogP contribution in [-0.2, 0) is 23.9 Å². The summed E-state index contributed by atoms with van der Waals surface area (Å²) in [6, 6.07) is 0. The van der Waals surface area contributed by atoms with Gasteiger partial charge in [-0.25, -0.2) is 4.79 Å². The number of carbonyl (C=O) groups is 3. The lowest BCUT2D eigenvalue weighted by Gasteiger charge is -2.31. The van der Waals surface area contributed by atoms with Crippen molar-refractivity contribution in [1.82, 2.24) is 4.90 Å². The van der Waals surface area contributed by atoms with E-state index in [4.69, 9.17) is 9.84 Å². The van der Waals surface area contributed by atoms with Crippen LogP contribution in [0.2, 0.25) is 0 Å². The number of nitrogens with zero attached hydrogens (tertiary/aromatic N) is 1. The van der Waals surface area contributed by atoms with Gasteiger partial charge < -0.3 is 19.5 Å². The predicted octanol–water partition coefficient (Wildman–Crippen LogP) is -0.358. The summed E-state index contributed by atoms with van der Waals surface area (Å²) in [4.78, 5) is 34.9. The van der Waals surface area contributed by atoms with E-state index >= 15 is 0 Å². The van der Waals surface area contributed by atoms with Gasteiger partial charge in [0.2, 0.25) is 5.91 Å². The summed E-state index contributed by atoms with van der Waals surface area (Å²) in [5.41, 5.74) is 0. The van der Waals surface area contributed by atoms with E-state index in [-0.39, 0.29) is 31.9 Å². The summed E-state index contributed by atoms with van der Waals surface area (Å²) < 4.78 is 9.74. The van der Waals surface area contributed by atoms with Crippen LogP contribution < -0.4 is 0 Å². The highest BCUT2D eigenvalue weighted by molar-refractivity contribution is 5.79. The smallest absolute Gasteiger partial charge is 0.336 e. The van der Waals surface area contributed by atoms with E-state index in [0.29, 0.717) is 13.0 Å². The average molecular weight is 259 g/mol. The molecule has 7 nitrogen and oxygen atoms in total. The van der Waals surface area contributed by atoms with E-state index < -0.39 is 18.0 Å². The molecule has 0 spiro atoms. The molecule has 0 aromatic rings. The van der Waals surface area contributed by atoms with Crippen molar-refractivity contribution in [3.63, 3.8) is 0 Å². The second-order valence-electron chi connectivity index (χ2n) is 3.97. The minimum atomic E-state index is -0.919. The quantitative estimate of drug-likeness (QED) is 0.678. The van der Waals surface area contributed by atoms with Crippen molar-refractivity contribution >= 4 is 17.8 Å². The third kappa shape index (κ3) is 4.33. The minimum Gasteiger partial charge on any atom is -0.481 e. The molecule has 0 aromatic heterocycles. The van der Waals surface area contributed by atoms with Crippen LogP contribution in [-0.4, -0.2) is 60.8 Å². The van der Waals surface area contributed by atoms with Crippen LogP contribution in [0.5, 0.6) is 0 Å². The van der Waals surface area contributed by atoms with Crippen molar-refractivity contribution in [3.05, 3.63) is 0 Å². The topological polar surface area (TPSA) is 93.1 Å². The Morgan fingerprint density at radius 1 is 1.39 bits per heavy atom. The Kier molecular flexibility index (Phi) is 5.57. The second kappa shape index (κ2) is 6.95. The van der Waals surface area contributed by atoms with Crippen LogP contribution >= 0.6 is 0 Å². The van der Waals surface area contributed by atoms with Crippen molar-refractivity contribution in [2.75, 3.05) is 26.8 Å². The van der Waals surface area contributed by atoms with E-state index in [1.807, 2.05) is 0 Å². The zero-order valence-electron chi connectivity index (χ0n) is 10.3. The van der Waals surface area contributed by atoms with E-state index in [2.05, 4.69) is 4.74 Å². The number of morpholine rings is 1. The number of carbonyl (C=O) groups excluding carboxylic acids is 2. The highest BCUT2D eigenvalue weighted by Crippen LogP contribution is 2.09. The molecule has 102 valence electrons. The van der Waals surface area contributed by atoms with Gasteiger partial charge in [-0.15, -0.1) is 0 Å². The maximum atomic E-state index is 11.8. The van der Waals surface area contributed by atoms with Gasteiger partial charge in [-0.2, -0.15) is 0 Å². The molecule has 1 heterocycles. The van der Waals surface area contributed by atoms with Crippen LogP contribution in [0.25, 0.3) is 0 Å². The SMILES string of the molecule is COC(=O)C1CN(C(=O)CCCC(=O)O)CCO1. The van der Waals surface area contributed by atoms with Crippen LogP contribution in [0.15, 0.2) is 0 Å². The monoisotopic (exact) mass is 259 g/mol. The predicted molar refractivity (Wildman–Crippen MR) is 59.8 cm³/mol. The van der Waals surface area contributed by atoms with Gasteiger partial charge in [-0.1, -0.05) is 0 Å². The molecule has 0 aliphatic carbocycles. The van der Waals surface area contributed by atoms with Crippen molar-refractivity contribution < 1.29 is 29.0 Å². The molecule has 0 bridgehead atoms. The van der Waals surface area contributed by atoms with Crippen LogP contribution in [0.1, 0.15) is 19.3 Å². The first kappa shape index (κ1) is 14.4. The molecule has 1 atom stereocenters. The van der Waals surface area contributed by atoms with Gasteiger partial charge in [0.25, 0.3) is 0 Å². The molecule has 7 heteroatoms. The standard InChI is InChI=1S/C11H17NO6/c1-17-11(16)8-7-12(5-6-18-8)9(13)3-2-4-10(14)15/h8H,2-7H2,1H3,(H,14,15). The third-order valence-electron chi connectivity index (χ3n) is 2.66. The van der Waals surface area contributed by atoms with E-state index in [1.165, 1.54) is 12.0 Å². The average Bonchev–Trinajstić information content (AvgIpc) is 2.37. The lowest BCUT2D eigenvalue weighted by atomic mass is 10.2. The zero-order valence-corrected chi connectivity index (χ0v) is 10.3. The Hall–Kier alpha value is -1.63. The number of carboxylic acid groups (broad SMARTS) is 1. The van der Waals surface area contributed by atoms with E-state index in [9.17, 15) is 14.4 Å². The third-order valence-corrected chi connectivity index (χ3v) is 2.66. The van der Waals surface area contributed by atoms with Gasteiger partial charge in [0, 0.05) is 19.4 Å². The lowest BCUT2D eigenvalue weighted by Crippen LogP contribution is -2.48. The number of aliphatic carboxylic acids is 1. The Morgan fingerprint density at radius 3 is 2.72 bits per heavy atom. The number of hydrogen-bond acceptors (Lipinski definition) is 5. The number of carboxylic acids is 1. The Balaban J connectivity index is 2.38. The van der Waals surface area contributed by atoms with Crippen molar-refractivity contribution in [3.8, 4) is 0 Å². The molecule has 1 fully saturated rings. The summed E-state index contributed by atoms with van der Waals surface area (Å²) in [5.74, 6) is -1.58. The summed E-state index contributed by atoms with van der Waals surface area (Å²) >= 11 is 0. The fraction of sp³-hybridized carbons (Fsp3) is 0.727. The summed E-state index contributed by atoms with van der Waals surface area (Å²) in [5, 5.41) is 8.48. The highest BCUT2D eigenvalue weighted by Gasteiger charge is 2.29. The molecule has 18 heavy (non-hydrogen) atoms. The normalized spacial score (nSPS) is 19.4. The number of amides is 1. The number of ether oxygens (including phenoxy) is 2. The largest absolute Gasteiger partial charge is 0.481 e. The van der Waals surface area contributed by atoms with Gasteiger partial charge in [-0.05, 0) is 6.42 Å². The molecule has 1 rings (SSSR count). The van der Waals surface area contributed by atoms with Gasteiger partial charge in [0.15, 0.2) is 6.10 Å². The number of esters is 1. The zero-order chi connectivity index (χ0) is 13.5. The van der Waals surface area contributed by atoms with Crippen LogP contribution in [0, 0.1) is 0 Å². The van der Waals surface area contributed by atoms with E-state index in [0.717, 1.165) is 0 Å². The molecule has 1 saturated heterocycles. The Morgan fingerprint density at radius 2 is 2.11 bits per heavy atom. The maximum Gasteiger partial charge on any atom is 0.336 e. The number of rotatable bonds is 5.